The summed E-state index contributed by atoms with van der Waals surface area (Å²) in [5.41, 5.74) is -0.406. The lowest BCUT2D eigenvalue weighted by atomic mass is 10.1. The van der Waals surface area contributed by atoms with E-state index in [1.54, 1.807) is 17.1 Å². The van der Waals surface area contributed by atoms with E-state index in [4.69, 9.17) is 0 Å². The van der Waals surface area contributed by atoms with Crippen molar-refractivity contribution in [1.82, 2.24) is 0 Å². The van der Waals surface area contributed by atoms with Crippen molar-refractivity contribution in [2.24, 2.45) is 0 Å². The lowest BCUT2D eigenvalue weighted by molar-refractivity contribution is -0.137. The Bertz CT molecular complexity index is 470. The van der Waals surface area contributed by atoms with Crippen molar-refractivity contribution in [2.75, 3.05) is 18.0 Å². The molecule has 0 N–H and O–H groups in total. The molecule has 0 aliphatic rings. The monoisotopic (exact) mass is 269 g/mol. The number of anilines is 1. The molecule has 0 aromatic heterocycles. The van der Waals surface area contributed by atoms with Crippen LogP contribution in [0.25, 0.3) is 0 Å². The summed E-state index contributed by atoms with van der Waals surface area (Å²) in [6.07, 6.45) is -0.826. The minimum Gasteiger partial charge on any atom is -0.364 e. The van der Waals surface area contributed by atoms with Crippen LogP contribution in [-0.2, 0) is 6.18 Å². The number of alkyl halides is 3. The van der Waals surface area contributed by atoms with Crippen LogP contribution < -0.4 is 4.90 Å². The van der Waals surface area contributed by atoms with E-state index < -0.39 is 11.7 Å². The van der Waals surface area contributed by atoms with Gasteiger partial charge in [0, 0.05) is 24.3 Å². The van der Waals surface area contributed by atoms with E-state index in [9.17, 15) is 18.0 Å². The number of carbonyl (C=O) groups excluding carboxylic acids is 1. The zero-order chi connectivity index (χ0) is 14.5. The van der Waals surface area contributed by atoms with E-state index in [-0.39, 0.29) is 5.56 Å². The quantitative estimate of drug-likeness (QED) is 0.579. The first-order chi connectivity index (χ1) is 8.93. The van der Waals surface area contributed by atoms with E-state index >= 15 is 0 Å². The minimum atomic E-state index is -4.46. The van der Waals surface area contributed by atoms with Gasteiger partial charge in [0.15, 0.2) is 6.29 Å². The molecule has 0 fully saturated rings. The number of rotatable bonds is 6. The maximum atomic E-state index is 12.6. The number of nitrogens with zero attached hydrogens (tertiary/aromatic N) is 1. The lowest BCUT2D eigenvalue weighted by Crippen LogP contribution is -2.24. The normalized spacial score (nSPS) is 10.9. The Labute approximate surface area is 109 Å². The third kappa shape index (κ3) is 3.71. The van der Waals surface area contributed by atoms with Gasteiger partial charge in [-0.25, -0.2) is 0 Å². The molecule has 0 aliphatic heterocycles. The molecule has 19 heavy (non-hydrogen) atoms. The highest BCUT2D eigenvalue weighted by molar-refractivity contribution is 5.85. The van der Waals surface area contributed by atoms with Crippen LogP contribution >= 0.6 is 0 Å². The number of hydrogen-bond acceptors (Lipinski definition) is 2. The average molecular weight is 269 g/mol. The fraction of sp³-hybridized carbons (Fsp3) is 0.214. The summed E-state index contributed by atoms with van der Waals surface area (Å²) in [4.78, 5) is 12.7. The van der Waals surface area contributed by atoms with Gasteiger partial charge in [0.2, 0.25) is 0 Å². The van der Waals surface area contributed by atoms with Crippen LogP contribution in [0.5, 0.6) is 0 Å². The molecule has 0 atom stereocenters. The summed E-state index contributed by atoms with van der Waals surface area (Å²) in [6, 6.07) is 3.10. The largest absolute Gasteiger partial charge is 0.416 e. The van der Waals surface area contributed by atoms with E-state index in [2.05, 4.69) is 13.2 Å². The predicted octanol–water partition coefficient (Wildman–Crippen LogP) is 3.70. The van der Waals surface area contributed by atoms with Crippen LogP contribution in [0.4, 0.5) is 18.9 Å². The highest BCUT2D eigenvalue weighted by Crippen LogP contribution is 2.32. The fourth-order valence-electron chi connectivity index (χ4n) is 1.70. The van der Waals surface area contributed by atoms with Gasteiger partial charge in [0.25, 0.3) is 0 Å². The smallest absolute Gasteiger partial charge is 0.364 e. The Hall–Kier alpha value is -2.04. The molecular weight excluding hydrogens is 255 g/mol. The molecule has 1 aromatic rings. The number of carbonyl (C=O) groups is 1. The summed E-state index contributed by atoms with van der Waals surface area (Å²) in [5.74, 6) is 0. The molecule has 0 amide bonds. The number of halogens is 3. The molecule has 2 nitrogen and oxygen atoms in total. The van der Waals surface area contributed by atoms with Crippen molar-refractivity contribution in [2.45, 2.75) is 6.18 Å². The van der Waals surface area contributed by atoms with Gasteiger partial charge in [-0.05, 0) is 18.2 Å². The molecular formula is C14H14F3NO. The maximum absolute atomic E-state index is 12.6. The molecule has 1 aromatic carbocycles. The van der Waals surface area contributed by atoms with Crippen molar-refractivity contribution in [3.8, 4) is 0 Å². The Kier molecular flexibility index (Phi) is 4.92. The second kappa shape index (κ2) is 6.22. The van der Waals surface area contributed by atoms with Crippen molar-refractivity contribution in [3.63, 3.8) is 0 Å². The minimum absolute atomic E-state index is 0.00137. The third-order valence-electron chi connectivity index (χ3n) is 2.52. The summed E-state index contributed by atoms with van der Waals surface area (Å²) in [7, 11) is 0. The van der Waals surface area contributed by atoms with E-state index in [1.165, 1.54) is 6.07 Å². The van der Waals surface area contributed by atoms with Gasteiger partial charge < -0.3 is 4.90 Å². The molecule has 0 bridgehead atoms. The predicted molar refractivity (Wildman–Crippen MR) is 69.4 cm³/mol. The summed E-state index contributed by atoms with van der Waals surface area (Å²) in [5, 5.41) is 0. The molecule has 102 valence electrons. The van der Waals surface area contributed by atoms with E-state index in [0.717, 1.165) is 12.1 Å². The molecule has 0 unspecified atom stereocenters. The molecule has 0 radical (unpaired) electrons. The molecule has 1 rings (SSSR count). The van der Waals surface area contributed by atoms with Crippen LogP contribution in [0.1, 0.15) is 15.9 Å². The van der Waals surface area contributed by atoms with Crippen LogP contribution in [0.3, 0.4) is 0 Å². The lowest BCUT2D eigenvalue weighted by Gasteiger charge is -2.23. The van der Waals surface area contributed by atoms with Gasteiger partial charge >= 0.3 is 6.18 Å². The Balaban J connectivity index is 3.23. The zero-order valence-electron chi connectivity index (χ0n) is 10.3. The number of benzene rings is 1. The van der Waals surface area contributed by atoms with Gasteiger partial charge in [0.1, 0.15) is 0 Å². The molecule has 0 aliphatic carbocycles. The average Bonchev–Trinajstić information content (AvgIpc) is 2.36. The molecule has 0 heterocycles. The first kappa shape index (κ1) is 15.0. The molecule has 5 heteroatoms. The van der Waals surface area contributed by atoms with Crippen molar-refractivity contribution >= 4 is 12.0 Å². The van der Waals surface area contributed by atoms with Gasteiger partial charge in [-0.15, -0.1) is 13.2 Å². The van der Waals surface area contributed by atoms with Gasteiger partial charge in [-0.2, -0.15) is 13.2 Å². The molecule has 0 spiro atoms. The van der Waals surface area contributed by atoms with Gasteiger partial charge in [-0.1, -0.05) is 12.2 Å². The van der Waals surface area contributed by atoms with Gasteiger partial charge in [0.05, 0.1) is 5.56 Å². The van der Waals surface area contributed by atoms with Crippen molar-refractivity contribution in [1.29, 1.82) is 0 Å². The van der Waals surface area contributed by atoms with Gasteiger partial charge in [-0.3, -0.25) is 4.79 Å². The topological polar surface area (TPSA) is 20.3 Å². The van der Waals surface area contributed by atoms with Crippen LogP contribution in [0, 0.1) is 0 Å². The Morgan fingerprint density at radius 3 is 2.16 bits per heavy atom. The highest BCUT2D eigenvalue weighted by atomic mass is 19.4. The number of hydrogen-bond donors (Lipinski definition) is 0. The first-order valence-electron chi connectivity index (χ1n) is 5.57. The summed E-state index contributed by atoms with van der Waals surface area (Å²) < 4.78 is 37.7. The molecule has 0 saturated heterocycles. The number of aldehydes is 1. The van der Waals surface area contributed by atoms with Crippen molar-refractivity contribution < 1.29 is 18.0 Å². The highest BCUT2D eigenvalue weighted by Gasteiger charge is 2.31. The second-order valence-electron chi connectivity index (χ2n) is 3.87. The summed E-state index contributed by atoms with van der Waals surface area (Å²) >= 11 is 0. The standard InChI is InChI=1S/C14H14F3NO/c1-3-7-18(8-4-2)13-6-5-12(14(15,16)17)9-11(13)10-19/h3-6,9-10H,1-2,7-8H2. The van der Waals surface area contributed by atoms with Crippen LogP contribution in [0.2, 0.25) is 0 Å². The SMILES string of the molecule is C=CCN(CC=C)c1ccc(C(F)(F)F)cc1C=O. The Morgan fingerprint density at radius 1 is 1.16 bits per heavy atom. The van der Waals surface area contributed by atoms with Crippen molar-refractivity contribution in [3.05, 3.63) is 54.6 Å². The van der Waals surface area contributed by atoms with E-state index in [1.807, 2.05) is 0 Å². The second-order valence-corrected chi connectivity index (χ2v) is 3.87. The van der Waals surface area contributed by atoms with Crippen LogP contribution in [-0.4, -0.2) is 19.4 Å². The molecule has 0 saturated carbocycles. The Morgan fingerprint density at radius 2 is 1.74 bits per heavy atom. The maximum Gasteiger partial charge on any atom is 0.416 e. The van der Waals surface area contributed by atoms with Crippen LogP contribution in [0.15, 0.2) is 43.5 Å². The zero-order valence-corrected chi connectivity index (χ0v) is 10.3. The third-order valence-corrected chi connectivity index (χ3v) is 2.52. The fourth-order valence-corrected chi connectivity index (χ4v) is 1.70. The summed E-state index contributed by atoms with van der Waals surface area (Å²) in [6.45, 7) is 7.98. The first-order valence-corrected chi connectivity index (χ1v) is 5.57. The van der Waals surface area contributed by atoms with E-state index in [0.29, 0.717) is 25.1 Å².